The second-order valence-corrected chi connectivity index (χ2v) is 8.32. The van der Waals surface area contributed by atoms with Gasteiger partial charge in [-0.25, -0.2) is 23.7 Å². The van der Waals surface area contributed by atoms with Gasteiger partial charge in [0.1, 0.15) is 5.82 Å². The summed E-state index contributed by atoms with van der Waals surface area (Å²) in [5.74, 6) is -1.06. The van der Waals surface area contributed by atoms with Gasteiger partial charge in [-0.3, -0.25) is 0 Å². The molecule has 1 saturated heterocycles. The molecule has 0 spiro atoms. The van der Waals surface area contributed by atoms with Crippen molar-refractivity contribution < 1.29 is 13.5 Å². The van der Waals surface area contributed by atoms with Gasteiger partial charge in [-0.1, -0.05) is 0 Å². The SMILES string of the molecule is C[C@H]1COCCN1c1nc(-c2cnc(N)nc2)c2c(n1)N([C@H]1CCC(F)(F)C1)CC2. The second kappa shape index (κ2) is 7.26. The van der Waals surface area contributed by atoms with E-state index in [1.54, 1.807) is 12.4 Å². The molecule has 8 nitrogen and oxygen atoms in total. The van der Waals surface area contributed by atoms with E-state index in [2.05, 4.69) is 21.8 Å². The molecule has 1 saturated carbocycles. The predicted octanol–water partition coefficient (Wildman–Crippen LogP) is 2.29. The Balaban J connectivity index is 1.59. The number of halogens is 2. The maximum Gasteiger partial charge on any atom is 0.250 e. The van der Waals surface area contributed by atoms with Gasteiger partial charge in [-0.05, 0) is 19.8 Å². The molecule has 0 unspecified atom stereocenters. The van der Waals surface area contributed by atoms with Crippen LogP contribution in [-0.4, -0.2) is 64.2 Å². The largest absolute Gasteiger partial charge is 0.377 e. The summed E-state index contributed by atoms with van der Waals surface area (Å²) in [7, 11) is 0. The van der Waals surface area contributed by atoms with E-state index in [1.165, 1.54) is 0 Å². The van der Waals surface area contributed by atoms with Gasteiger partial charge in [0, 0.05) is 55.5 Å². The molecule has 10 heteroatoms. The number of nitrogen functional groups attached to an aromatic ring is 1. The van der Waals surface area contributed by atoms with E-state index < -0.39 is 5.92 Å². The van der Waals surface area contributed by atoms with Gasteiger partial charge in [0.05, 0.1) is 24.9 Å². The number of ether oxygens (including phenoxy) is 1. The fourth-order valence-electron chi connectivity index (χ4n) is 4.67. The van der Waals surface area contributed by atoms with E-state index in [9.17, 15) is 8.78 Å². The van der Waals surface area contributed by atoms with Crippen molar-refractivity contribution in [2.45, 2.75) is 50.6 Å². The summed E-state index contributed by atoms with van der Waals surface area (Å²) in [5, 5.41) is 0. The van der Waals surface area contributed by atoms with Crippen LogP contribution in [0.2, 0.25) is 0 Å². The second-order valence-electron chi connectivity index (χ2n) is 8.32. The minimum Gasteiger partial charge on any atom is -0.377 e. The van der Waals surface area contributed by atoms with Crippen LogP contribution >= 0.6 is 0 Å². The van der Waals surface area contributed by atoms with Crippen molar-refractivity contribution in [3.8, 4) is 11.3 Å². The van der Waals surface area contributed by atoms with E-state index in [0.29, 0.717) is 45.1 Å². The van der Waals surface area contributed by atoms with E-state index in [-0.39, 0.29) is 30.9 Å². The van der Waals surface area contributed by atoms with Crippen molar-refractivity contribution in [2.75, 3.05) is 41.8 Å². The van der Waals surface area contributed by atoms with Crippen LogP contribution in [0.1, 0.15) is 31.7 Å². The lowest BCUT2D eigenvalue weighted by Crippen LogP contribution is -2.45. The maximum absolute atomic E-state index is 13.9. The van der Waals surface area contributed by atoms with Crippen molar-refractivity contribution >= 4 is 17.7 Å². The van der Waals surface area contributed by atoms with Gasteiger partial charge in [0.25, 0.3) is 0 Å². The molecule has 2 N–H and O–H groups in total. The monoisotopic (exact) mass is 417 g/mol. The first-order valence-corrected chi connectivity index (χ1v) is 10.4. The molecule has 2 aliphatic heterocycles. The molecule has 2 fully saturated rings. The quantitative estimate of drug-likeness (QED) is 0.813. The first kappa shape index (κ1) is 19.3. The number of morpholine rings is 1. The van der Waals surface area contributed by atoms with Gasteiger partial charge in [0.15, 0.2) is 0 Å². The first-order valence-electron chi connectivity index (χ1n) is 10.4. The zero-order valence-corrected chi connectivity index (χ0v) is 16.9. The molecular weight excluding hydrogens is 392 g/mol. The molecule has 30 heavy (non-hydrogen) atoms. The maximum atomic E-state index is 13.9. The Morgan fingerprint density at radius 3 is 2.67 bits per heavy atom. The highest BCUT2D eigenvalue weighted by Gasteiger charge is 2.44. The average molecular weight is 417 g/mol. The lowest BCUT2D eigenvalue weighted by atomic mass is 10.1. The fraction of sp³-hybridized carbons (Fsp3) is 0.600. The van der Waals surface area contributed by atoms with E-state index in [0.717, 1.165) is 22.6 Å². The highest BCUT2D eigenvalue weighted by molar-refractivity contribution is 5.72. The first-order chi connectivity index (χ1) is 14.4. The molecule has 5 rings (SSSR count). The van der Waals surface area contributed by atoms with Crippen LogP contribution in [0.5, 0.6) is 0 Å². The lowest BCUT2D eigenvalue weighted by molar-refractivity contribution is 0.00779. The zero-order chi connectivity index (χ0) is 20.9. The van der Waals surface area contributed by atoms with Gasteiger partial charge in [-0.2, -0.15) is 4.98 Å². The number of anilines is 3. The van der Waals surface area contributed by atoms with Crippen LogP contribution in [0.25, 0.3) is 11.3 Å². The number of nitrogens with two attached hydrogens (primary N) is 1. The summed E-state index contributed by atoms with van der Waals surface area (Å²) in [6, 6.07) is -0.0837. The molecule has 4 heterocycles. The van der Waals surface area contributed by atoms with Crippen molar-refractivity contribution in [1.29, 1.82) is 0 Å². The standard InChI is InChI=1S/C20H25F2N7O/c1-12-11-30-7-6-28(12)19-26-16(13-9-24-18(23)25-10-13)15-3-5-29(17(15)27-19)14-2-4-20(21,22)8-14/h9-10,12,14H,2-8,11H2,1H3,(H2,23,24,25)/t12-,14-/m0/s1. The van der Waals surface area contributed by atoms with E-state index in [4.69, 9.17) is 20.4 Å². The van der Waals surface area contributed by atoms with Gasteiger partial charge in [-0.15, -0.1) is 0 Å². The van der Waals surface area contributed by atoms with Crippen molar-refractivity contribution in [3.05, 3.63) is 18.0 Å². The van der Waals surface area contributed by atoms with Crippen molar-refractivity contribution in [3.63, 3.8) is 0 Å². The smallest absolute Gasteiger partial charge is 0.250 e. The van der Waals surface area contributed by atoms with Crippen LogP contribution in [0.3, 0.4) is 0 Å². The number of rotatable bonds is 3. The summed E-state index contributed by atoms with van der Waals surface area (Å²) in [6.45, 7) is 4.61. The molecule has 2 atom stereocenters. The van der Waals surface area contributed by atoms with Crippen LogP contribution < -0.4 is 15.5 Å². The molecule has 1 aliphatic carbocycles. The molecule has 160 valence electrons. The van der Waals surface area contributed by atoms with Crippen LogP contribution in [0, 0.1) is 0 Å². The summed E-state index contributed by atoms with van der Waals surface area (Å²) in [5.41, 5.74) is 8.12. The third kappa shape index (κ3) is 3.42. The number of aromatic nitrogens is 4. The molecule has 0 amide bonds. The van der Waals surface area contributed by atoms with E-state index >= 15 is 0 Å². The molecule has 0 bridgehead atoms. The Kier molecular flexibility index (Phi) is 4.68. The zero-order valence-electron chi connectivity index (χ0n) is 16.9. The van der Waals surface area contributed by atoms with Gasteiger partial charge >= 0.3 is 0 Å². The predicted molar refractivity (Wildman–Crippen MR) is 109 cm³/mol. The highest BCUT2D eigenvalue weighted by atomic mass is 19.3. The summed E-state index contributed by atoms with van der Waals surface area (Å²) in [6.07, 6.45) is 4.30. The van der Waals surface area contributed by atoms with Crippen LogP contribution in [0.4, 0.5) is 26.5 Å². The third-order valence-electron chi connectivity index (χ3n) is 6.24. The minimum absolute atomic E-state index is 0.0689. The molecule has 3 aliphatic rings. The Bertz CT molecular complexity index is 939. The van der Waals surface area contributed by atoms with E-state index in [1.807, 2.05) is 4.90 Å². The van der Waals surface area contributed by atoms with Gasteiger partial charge < -0.3 is 20.3 Å². The highest BCUT2D eigenvalue weighted by Crippen LogP contribution is 2.43. The molecule has 2 aromatic rings. The topological polar surface area (TPSA) is 93.3 Å². The Labute approximate surface area is 173 Å². The lowest BCUT2D eigenvalue weighted by Gasteiger charge is -2.34. The molecule has 2 aromatic heterocycles. The Morgan fingerprint density at radius 1 is 1.17 bits per heavy atom. The Hall–Kier alpha value is -2.62. The van der Waals surface area contributed by atoms with Crippen molar-refractivity contribution in [2.24, 2.45) is 0 Å². The average Bonchev–Trinajstić information content (AvgIpc) is 3.31. The number of nitrogens with zero attached hydrogens (tertiary/aromatic N) is 6. The molecule has 0 aromatic carbocycles. The number of hydrogen-bond acceptors (Lipinski definition) is 8. The van der Waals surface area contributed by atoms with Crippen LogP contribution in [0.15, 0.2) is 12.4 Å². The number of alkyl halides is 2. The minimum atomic E-state index is -2.60. The summed E-state index contributed by atoms with van der Waals surface area (Å²) >= 11 is 0. The number of fused-ring (bicyclic) bond motifs is 1. The van der Waals surface area contributed by atoms with Crippen LogP contribution in [-0.2, 0) is 11.2 Å². The fourth-order valence-corrected chi connectivity index (χ4v) is 4.67. The third-order valence-corrected chi connectivity index (χ3v) is 6.24. The molecule has 0 radical (unpaired) electrons. The van der Waals surface area contributed by atoms with Crippen molar-refractivity contribution in [1.82, 2.24) is 19.9 Å². The number of hydrogen-bond donors (Lipinski definition) is 1. The summed E-state index contributed by atoms with van der Waals surface area (Å²) < 4.78 is 33.4. The normalized spacial score (nSPS) is 25.6. The molecular formula is C20H25F2N7O. The Morgan fingerprint density at radius 2 is 1.97 bits per heavy atom. The van der Waals surface area contributed by atoms with Gasteiger partial charge in [0.2, 0.25) is 17.8 Å². The summed E-state index contributed by atoms with van der Waals surface area (Å²) in [4.78, 5) is 22.1.